The normalized spacial score (nSPS) is 9.36. The van der Waals surface area contributed by atoms with Gasteiger partial charge >= 0.3 is 65.1 Å². The van der Waals surface area contributed by atoms with Crippen LogP contribution in [0.5, 0.6) is 0 Å². The molecular weight excluding hydrogens is 233 g/mol. The summed E-state index contributed by atoms with van der Waals surface area (Å²) in [6.07, 6.45) is 0. The maximum absolute atomic E-state index is 10.5. The molecule has 6 nitrogen and oxygen atoms in total. The molecule has 0 saturated carbocycles. The van der Waals surface area contributed by atoms with Gasteiger partial charge in [0.1, 0.15) is 0 Å². The second kappa shape index (κ2) is 9.54. The average Bonchev–Trinajstić information content (AvgIpc) is 1.84. The number of ether oxygens (including phenoxy) is 1. The fraction of sp³-hybridized carbons (Fsp3) is 0.400. The molecule has 0 aliphatic heterocycles. The summed E-state index contributed by atoms with van der Waals surface area (Å²) in [6, 6.07) is 0. The fourth-order valence-electron chi connectivity index (χ4n) is 0.268. The molecule has 0 radical (unpaired) electrons. The number of hydrogen-bond donors (Lipinski definition) is 0. The number of phosphoric acid groups is 1. The monoisotopic (exact) mass is 240 g/mol. The van der Waals surface area contributed by atoms with E-state index in [9.17, 15) is 19.1 Å². The van der Waals surface area contributed by atoms with Gasteiger partial charge in [0.05, 0.1) is 7.82 Å². The molecule has 0 fully saturated rings. The van der Waals surface area contributed by atoms with Crippen LogP contribution >= 0.6 is 7.82 Å². The van der Waals surface area contributed by atoms with Crippen LogP contribution in [0.4, 0.5) is 0 Å². The van der Waals surface area contributed by atoms with Gasteiger partial charge in [-0.1, -0.05) is 6.58 Å². The van der Waals surface area contributed by atoms with Crippen molar-refractivity contribution < 1.29 is 87.5 Å². The van der Waals surface area contributed by atoms with E-state index in [1.165, 1.54) is 6.92 Å². The summed E-state index contributed by atoms with van der Waals surface area (Å²) < 4.78 is 17.6. The summed E-state index contributed by atoms with van der Waals surface area (Å²) in [7, 11) is -5.06. The van der Waals surface area contributed by atoms with Crippen LogP contribution in [0.25, 0.3) is 0 Å². The maximum atomic E-state index is 10.5. The quantitative estimate of drug-likeness (QED) is 0.159. The van der Waals surface area contributed by atoms with Crippen molar-refractivity contribution in [2.75, 3.05) is 6.79 Å². The topological polar surface area (TPSA) is 98.7 Å². The third-order valence-corrected chi connectivity index (χ3v) is 1.17. The molecule has 0 atom stereocenters. The second-order valence-electron chi connectivity index (χ2n) is 1.91. The Labute approximate surface area is 126 Å². The number of esters is 1. The Morgan fingerprint density at radius 2 is 1.86 bits per heavy atom. The zero-order chi connectivity index (χ0) is 9.78. The standard InChI is InChI=1S/C5H9O6P.2Na/c1-4(2)5(6)10-3-11-12(7,8)9;;/h1,3H2,2H3,(H2,7,8,9);;/q;2*+1/p-2. The molecular formula is C5H7Na2O6P. The maximum Gasteiger partial charge on any atom is 1.00 e. The Bertz CT molecular complexity index is 236. The Morgan fingerprint density at radius 3 is 2.14 bits per heavy atom. The molecule has 0 aromatic carbocycles. The molecule has 0 heterocycles. The van der Waals surface area contributed by atoms with Gasteiger partial charge in [-0.05, 0) is 6.92 Å². The van der Waals surface area contributed by atoms with Gasteiger partial charge in [0.25, 0.3) is 0 Å². The van der Waals surface area contributed by atoms with Gasteiger partial charge in [-0.15, -0.1) is 0 Å². The minimum Gasteiger partial charge on any atom is -0.790 e. The molecule has 0 saturated heterocycles. The first kappa shape index (κ1) is 20.7. The van der Waals surface area contributed by atoms with Crippen molar-refractivity contribution in [1.82, 2.24) is 0 Å². The summed E-state index contributed by atoms with van der Waals surface area (Å²) in [6.45, 7) is 3.68. The van der Waals surface area contributed by atoms with Gasteiger partial charge in [-0.3, -0.25) is 0 Å². The van der Waals surface area contributed by atoms with E-state index in [0.717, 1.165) is 0 Å². The number of phosphoric ester groups is 1. The first-order valence-electron chi connectivity index (χ1n) is 2.82. The van der Waals surface area contributed by atoms with Gasteiger partial charge in [-0.25, -0.2) is 4.79 Å². The first-order chi connectivity index (χ1) is 5.33. The molecule has 0 bridgehead atoms. The Kier molecular flexibility index (Phi) is 14.1. The van der Waals surface area contributed by atoms with Gasteiger partial charge in [0.2, 0.25) is 0 Å². The molecule has 0 unspecified atom stereocenters. The summed E-state index contributed by atoms with van der Waals surface area (Å²) in [5.41, 5.74) is 0.0882. The van der Waals surface area contributed by atoms with E-state index in [4.69, 9.17) is 0 Å². The van der Waals surface area contributed by atoms with Crippen molar-refractivity contribution >= 4 is 13.8 Å². The second-order valence-corrected chi connectivity index (χ2v) is 3.06. The van der Waals surface area contributed by atoms with Crippen molar-refractivity contribution in [2.45, 2.75) is 6.92 Å². The van der Waals surface area contributed by atoms with Crippen LogP contribution in [0.15, 0.2) is 12.2 Å². The van der Waals surface area contributed by atoms with Crippen molar-refractivity contribution in [3.05, 3.63) is 12.2 Å². The van der Waals surface area contributed by atoms with Crippen molar-refractivity contribution in [3.63, 3.8) is 0 Å². The summed E-state index contributed by atoms with van der Waals surface area (Å²) in [4.78, 5) is 30.2. The van der Waals surface area contributed by atoms with Crippen LogP contribution < -0.4 is 68.9 Å². The number of carbonyl (C=O) groups excluding carboxylic acids is 1. The van der Waals surface area contributed by atoms with Crippen molar-refractivity contribution in [1.29, 1.82) is 0 Å². The van der Waals surface area contributed by atoms with E-state index in [2.05, 4.69) is 15.8 Å². The smallest absolute Gasteiger partial charge is 0.790 e. The van der Waals surface area contributed by atoms with E-state index < -0.39 is 20.6 Å². The zero-order valence-corrected chi connectivity index (χ0v) is 13.2. The van der Waals surface area contributed by atoms with Crippen LogP contribution in [0, 0.1) is 0 Å². The van der Waals surface area contributed by atoms with E-state index >= 15 is 0 Å². The van der Waals surface area contributed by atoms with E-state index in [1.54, 1.807) is 0 Å². The Morgan fingerprint density at radius 1 is 1.43 bits per heavy atom. The molecule has 0 aliphatic carbocycles. The van der Waals surface area contributed by atoms with Crippen LogP contribution in [0.2, 0.25) is 0 Å². The van der Waals surface area contributed by atoms with Crippen LogP contribution in [0.3, 0.4) is 0 Å². The number of rotatable bonds is 4. The minimum absolute atomic E-state index is 0. The van der Waals surface area contributed by atoms with Crippen LogP contribution in [0.1, 0.15) is 6.92 Å². The molecule has 0 N–H and O–H groups in total. The average molecular weight is 240 g/mol. The molecule has 14 heavy (non-hydrogen) atoms. The van der Waals surface area contributed by atoms with E-state index in [-0.39, 0.29) is 64.7 Å². The van der Waals surface area contributed by atoms with Crippen LogP contribution in [-0.2, 0) is 18.6 Å². The van der Waals surface area contributed by atoms with Crippen molar-refractivity contribution in [3.8, 4) is 0 Å². The Hall–Kier alpha value is 1.32. The van der Waals surface area contributed by atoms with E-state index in [1.807, 2.05) is 0 Å². The predicted molar refractivity (Wildman–Crippen MR) is 34.5 cm³/mol. The SMILES string of the molecule is C=C(C)C(=O)OCOP(=O)([O-])[O-].[Na+].[Na+]. The number of hydrogen-bond acceptors (Lipinski definition) is 6. The van der Waals surface area contributed by atoms with Gasteiger partial charge in [-0.2, -0.15) is 0 Å². The third-order valence-electron chi connectivity index (χ3n) is 0.749. The predicted octanol–water partition coefficient (Wildman–Crippen LogP) is -7.08. The molecule has 0 rings (SSSR count). The molecule has 0 aromatic heterocycles. The number of carbonyl (C=O) groups is 1. The zero-order valence-electron chi connectivity index (χ0n) is 8.31. The minimum atomic E-state index is -5.06. The van der Waals surface area contributed by atoms with Gasteiger partial charge in [0.15, 0.2) is 6.79 Å². The van der Waals surface area contributed by atoms with Gasteiger partial charge in [0, 0.05) is 5.57 Å². The van der Waals surface area contributed by atoms with E-state index in [0.29, 0.717) is 0 Å². The molecule has 70 valence electrons. The van der Waals surface area contributed by atoms with Crippen molar-refractivity contribution in [2.24, 2.45) is 0 Å². The molecule has 0 aliphatic rings. The summed E-state index contributed by atoms with van der Waals surface area (Å²) in [5, 5.41) is 0. The van der Waals surface area contributed by atoms with Gasteiger partial charge < -0.3 is 23.6 Å². The fourth-order valence-corrected chi connectivity index (χ4v) is 0.449. The Balaban J connectivity index is -0.000000605. The first-order valence-corrected chi connectivity index (χ1v) is 4.28. The largest absolute Gasteiger partial charge is 1.00 e. The third kappa shape index (κ3) is 13.3. The summed E-state index contributed by atoms with van der Waals surface area (Å²) in [5.74, 6) is -0.816. The van der Waals surface area contributed by atoms with Crippen LogP contribution in [-0.4, -0.2) is 12.8 Å². The summed E-state index contributed by atoms with van der Waals surface area (Å²) >= 11 is 0. The molecule has 9 heteroatoms. The molecule has 0 amide bonds. The molecule has 0 aromatic rings. The molecule has 0 spiro atoms.